The number of hydrogen-bond donors (Lipinski definition) is 5. The zero-order chi connectivity index (χ0) is 23.5. The summed E-state index contributed by atoms with van der Waals surface area (Å²) in [6.45, 7) is 0. The predicted octanol–water partition coefficient (Wildman–Crippen LogP) is 3.49. The molecule has 12 heteroatoms. The van der Waals surface area contributed by atoms with Crippen LogP contribution < -0.4 is 20.4 Å². The molecule has 0 fully saturated rings. The SMILES string of the molecule is COc1cccc2cc(-c3csc(NCSNC(=O)c4cc(O)c(O)c(O)c4)n3)c(=O)oc12. The van der Waals surface area contributed by atoms with E-state index in [0.717, 1.165) is 24.1 Å². The lowest BCUT2D eigenvalue weighted by molar-refractivity contribution is 0.0983. The van der Waals surface area contributed by atoms with Gasteiger partial charge in [-0.25, -0.2) is 9.78 Å². The molecule has 0 radical (unpaired) electrons. The number of nitrogens with one attached hydrogen (secondary N) is 2. The number of carbonyl (C=O) groups excluding carboxylic acids is 1. The number of fused-ring (bicyclic) bond motifs is 1. The number of aromatic hydroxyl groups is 3. The van der Waals surface area contributed by atoms with Crippen molar-refractivity contribution >= 4 is 45.3 Å². The lowest BCUT2D eigenvalue weighted by atomic mass is 10.1. The van der Waals surface area contributed by atoms with Crippen molar-refractivity contribution in [3.63, 3.8) is 0 Å². The molecule has 2 aromatic heterocycles. The summed E-state index contributed by atoms with van der Waals surface area (Å²) in [4.78, 5) is 29.0. The highest BCUT2D eigenvalue weighted by atomic mass is 32.2. The monoisotopic (exact) mass is 487 g/mol. The molecule has 2 heterocycles. The zero-order valence-corrected chi connectivity index (χ0v) is 18.6. The Morgan fingerprint density at radius 3 is 2.70 bits per heavy atom. The molecule has 170 valence electrons. The molecule has 0 bridgehead atoms. The number of thiazole rings is 1. The third kappa shape index (κ3) is 4.66. The van der Waals surface area contributed by atoms with Crippen LogP contribution >= 0.6 is 23.3 Å². The normalized spacial score (nSPS) is 10.8. The predicted molar refractivity (Wildman–Crippen MR) is 125 cm³/mol. The number of phenolic OH excluding ortho intramolecular Hbond substituents is 3. The van der Waals surface area contributed by atoms with Gasteiger partial charge in [0.2, 0.25) is 0 Å². The Hall–Kier alpha value is -3.90. The van der Waals surface area contributed by atoms with Crippen LogP contribution in [0.15, 0.2) is 51.0 Å². The molecular formula is C21H17N3O7S2. The molecule has 0 aliphatic heterocycles. The Morgan fingerprint density at radius 1 is 1.21 bits per heavy atom. The van der Waals surface area contributed by atoms with Gasteiger partial charge in [-0.1, -0.05) is 12.1 Å². The van der Waals surface area contributed by atoms with Gasteiger partial charge in [0.15, 0.2) is 33.7 Å². The van der Waals surface area contributed by atoms with Gasteiger partial charge in [0.05, 0.1) is 24.2 Å². The minimum absolute atomic E-state index is 0.0218. The highest BCUT2D eigenvalue weighted by molar-refractivity contribution is 7.98. The van der Waals surface area contributed by atoms with Gasteiger partial charge in [-0.2, -0.15) is 0 Å². The number of aromatic nitrogens is 1. The average molecular weight is 488 g/mol. The maximum atomic E-state index is 12.5. The Balaban J connectivity index is 1.39. The summed E-state index contributed by atoms with van der Waals surface area (Å²) < 4.78 is 13.2. The topological polar surface area (TPSA) is 154 Å². The number of ether oxygens (including phenoxy) is 1. The minimum Gasteiger partial charge on any atom is -0.504 e. The molecule has 4 aromatic rings. The van der Waals surface area contributed by atoms with Crippen LogP contribution in [-0.4, -0.2) is 39.2 Å². The molecule has 0 aliphatic carbocycles. The number of anilines is 1. The van der Waals surface area contributed by atoms with E-state index in [-0.39, 0.29) is 11.4 Å². The minimum atomic E-state index is -0.694. The van der Waals surface area contributed by atoms with Gasteiger partial charge in [-0.05, 0) is 36.2 Å². The van der Waals surface area contributed by atoms with Gasteiger partial charge in [-0.15, -0.1) is 11.3 Å². The fraction of sp³-hybridized carbons (Fsp3) is 0.0952. The number of phenols is 3. The van der Waals surface area contributed by atoms with Crippen molar-refractivity contribution in [2.45, 2.75) is 0 Å². The van der Waals surface area contributed by atoms with Gasteiger partial charge < -0.3 is 29.8 Å². The smallest absolute Gasteiger partial charge is 0.345 e. The molecule has 5 N–H and O–H groups in total. The van der Waals surface area contributed by atoms with Crippen LogP contribution in [0.25, 0.3) is 22.2 Å². The van der Waals surface area contributed by atoms with Crippen molar-refractivity contribution in [2.24, 2.45) is 0 Å². The number of para-hydroxylation sites is 1. The summed E-state index contributed by atoms with van der Waals surface area (Å²) in [5.41, 5.74) is 0.570. The molecule has 10 nitrogen and oxygen atoms in total. The standard InChI is InChI=1S/C21H17N3O7S2/c1-30-16-4-2-3-10-5-12(20(29)31-18(10)16)13-8-32-21(23-13)22-9-33-24-19(28)11-6-14(25)17(27)15(26)7-11/h2-8,25-27H,9H2,1H3,(H,22,23)(H,24,28). The first-order valence-corrected chi connectivity index (χ1v) is 11.2. The summed E-state index contributed by atoms with van der Waals surface area (Å²) >= 11 is 2.30. The fourth-order valence-corrected chi connectivity index (χ4v) is 4.26. The Morgan fingerprint density at radius 2 is 1.97 bits per heavy atom. The molecule has 33 heavy (non-hydrogen) atoms. The van der Waals surface area contributed by atoms with E-state index >= 15 is 0 Å². The van der Waals surface area contributed by atoms with E-state index < -0.39 is 28.8 Å². The number of carbonyl (C=O) groups is 1. The van der Waals surface area contributed by atoms with Gasteiger partial charge in [0.25, 0.3) is 5.91 Å². The van der Waals surface area contributed by atoms with Crippen LogP contribution in [0.5, 0.6) is 23.0 Å². The van der Waals surface area contributed by atoms with Crippen molar-refractivity contribution in [2.75, 3.05) is 18.3 Å². The van der Waals surface area contributed by atoms with E-state index in [1.54, 1.807) is 23.6 Å². The summed E-state index contributed by atoms with van der Waals surface area (Å²) in [7, 11) is 1.50. The zero-order valence-electron chi connectivity index (χ0n) is 17.0. The fourth-order valence-electron chi connectivity index (χ4n) is 2.93. The van der Waals surface area contributed by atoms with Crippen LogP contribution in [0.2, 0.25) is 0 Å². The molecule has 0 saturated heterocycles. The van der Waals surface area contributed by atoms with E-state index in [4.69, 9.17) is 9.15 Å². The Bertz CT molecular complexity index is 1380. The molecule has 0 spiro atoms. The van der Waals surface area contributed by atoms with Crippen molar-refractivity contribution in [1.82, 2.24) is 9.71 Å². The van der Waals surface area contributed by atoms with Gasteiger partial charge in [0, 0.05) is 16.3 Å². The van der Waals surface area contributed by atoms with Crippen LogP contribution in [0, 0.1) is 0 Å². The van der Waals surface area contributed by atoms with Crippen LogP contribution in [0.3, 0.4) is 0 Å². The molecule has 0 unspecified atom stereocenters. The number of methoxy groups -OCH3 is 1. The number of amides is 1. The van der Waals surface area contributed by atoms with Crippen LogP contribution in [-0.2, 0) is 0 Å². The van der Waals surface area contributed by atoms with Crippen LogP contribution in [0.1, 0.15) is 10.4 Å². The van der Waals surface area contributed by atoms with E-state index in [2.05, 4.69) is 15.0 Å². The Kier molecular flexibility index (Phi) is 6.29. The highest BCUT2D eigenvalue weighted by Gasteiger charge is 2.15. The summed E-state index contributed by atoms with van der Waals surface area (Å²) in [5, 5.41) is 34.3. The largest absolute Gasteiger partial charge is 0.504 e. The lowest BCUT2D eigenvalue weighted by Crippen LogP contribution is -2.17. The summed E-state index contributed by atoms with van der Waals surface area (Å²) in [5.74, 6) is -1.76. The van der Waals surface area contributed by atoms with Crippen molar-refractivity contribution in [1.29, 1.82) is 0 Å². The maximum absolute atomic E-state index is 12.5. The lowest BCUT2D eigenvalue weighted by Gasteiger charge is -2.07. The first-order valence-electron chi connectivity index (χ1n) is 9.35. The number of benzene rings is 2. The number of hydrogen-bond acceptors (Lipinski definition) is 11. The van der Waals surface area contributed by atoms with E-state index in [9.17, 15) is 24.9 Å². The van der Waals surface area contributed by atoms with Gasteiger partial charge in [0.1, 0.15) is 0 Å². The second-order valence-corrected chi connectivity index (χ2v) is 8.26. The number of rotatable bonds is 7. The molecule has 1 amide bonds. The molecule has 0 atom stereocenters. The summed E-state index contributed by atoms with van der Waals surface area (Å²) in [6.07, 6.45) is 0. The van der Waals surface area contributed by atoms with Gasteiger partial charge >= 0.3 is 5.63 Å². The quantitative estimate of drug-likeness (QED) is 0.0860. The van der Waals surface area contributed by atoms with E-state index in [1.807, 2.05) is 6.07 Å². The third-order valence-corrected chi connectivity index (χ3v) is 5.93. The first kappa shape index (κ1) is 22.3. The first-order chi connectivity index (χ1) is 15.9. The number of nitrogens with zero attached hydrogens (tertiary/aromatic N) is 1. The van der Waals surface area contributed by atoms with E-state index in [1.165, 1.54) is 18.4 Å². The molecule has 0 aliphatic rings. The van der Waals surface area contributed by atoms with Crippen molar-refractivity contribution in [3.8, 4) is 34.3 Å². The van der Waals surface area contributed by atoms with Crippen molar-refractivity contribution in [3.05, 3.63) is 57.8 Å². The highest BCUT2D eigenvalue weighted by Crippen LogP contribution is 2.35. The third-order valence-electron chi connectivity index (χ3n) is 4.52. The maximum Gasteiger partial charge on any atom is 0.345 e. The molecular weight excluding hydrogens is 470 g/mol. The summed E-state index contributed by atoms with van der Waals surface area (Å²) in [6, 6.07) is 9.08. The van der Waals surface area contributed by atoms with Crippen LogP contribution in [0.4, 0.5) is 5.13 Å². The second-order valence-electron chi connectivity index (χ2n) is 6.62. The molecule has 4 rings (SSSR count). The van der Waals surface area contributed by atoms with Crippen molar-refractivity contribution < 1.29 is 29.3 Å². The molecule has 0 saturated carbocycles. The average Bonchev–Trinajstić information content (AvgIpc) is 3.27. The van der Waals surface area contributed by atoms with Gasteiger partial charge in [-0.3, -0.25) is 9.52 Å². The second kappa shape index (κ2) is 9.30. The van der Waals surface area contributed by atoms with E-state index in [0.29, 0.717) is 33.1 Å². The Labute approximate surface area is 194 Å². The molecule has 2 aromatic carbocycles.